The van der Waals surface area contributed by atoms with Crippen molar-refractivity contribution in [3.8, 4) is 5.75 Å². The summed E-state index contributed by atoms with van der Waals surface area (Å²) < 4.78 is 5.69. The fraction of sp³-hybridized carbons (Fsp3) is 0.409. The summed E-state index contributed by atoms with van der Waals surface area (Å²) in [7, 11) is 4.09. The van der Waals surface area contributed by atoms with Gasteiger partial charge in [-0.05, 0) is 55.9 Å². The molecule has 0 aliphatic carbocycles. The lowest BCUT2D eigenvalue weighted by molar-refractivity contribution is 0.0950. The van der Waals surface area contributed by atoms with Crippen molar-refractivity contribution < 1.29 is 9.53 Å². The summed E-state index contributed by atoms with van der Waals surface area (Å²) in [5, 5.41) is 3.01. The molecule has 0 bridgehead atoms. The molecule has 2 aromatic carbocycles. The van der Waals surface area contributed by atoms with Crippen LogP contribution < -0.4 is 10.1 Å². The molecule has 0 fully saturated rings. The van der Waals surface area contributed by atoms with Gasteiger partial charge in [0.05, 0.1) is 6.61 Å². The van der Waals surface area contributed by atoms with Crippen molar-refractivity contribution in [3.05, 3.63) is 65.2 Å². The molecule has 0 spiro atoms. The fourth-order valence-corrected chi connectivity index (χ4v) is 2.75. The Morgan fingerprint density at radius 1 is 1.00 bits per heavy atom. The number of carbonyl (C=O) groups excluding carboxylic acids is 1. The second kappa shape index (κ2) is 10.6. The van der Waals surface area contributed by atoms with Gasteiger partial charge >= 0.3 is 0 Å². The Morgan fingerprint density at radius 2 is 1.69 bits per heavy atom. The van der Waals surface area contributed by atoms with Gasteiger partial charge in [0, 0.05) is 18.7 Å². The molecule has 1 N–H and O–H groups in total. The smallest absolute Gasteiger partial charge is 0.251 e. The lowest BCUT2D eigenvalue weighted by Crippen LogP contribution is -2.24. The predicted octanol–water partition coefficient (Wildman–Crippen LogP) is 4.25. The average Bonchev–Trinajstić information content (AvgIpc) is 2.64. The molecule has 0 unspecified atom stereocenters. The molecule has 2 rings (SSSR count). The third kappa shape index (κ3) is 6.52. The standard InChI is InChI=1S/C22H30N2O2/c1-4-5-8-15-26-21-13-11-18(12-14-21)22(25)23-16-19-9-6-7-10-20(19)17-24(2)3/h6-7,9-14H,4-5,8,15-17H2,1-3H3,(H,23,25). The lowest BCUT2D eigenvalue weighted by atomic mass is 10.1. The number of nitrogens with zero attached hydrogens (tertiary/aromatic N) is 1. The molecule has 0 aliphatic rings. The van der Waals surface area contributed by atoms with Crippen LogP contribution in [0, 0.1) is 0 Å². The molecule has 26 heavy (non-hydrogen) atoms. The fourth-order valence-electron chi connectivity index (χ4n) is 2.75. The first-order valence-electron chi connectivity index (χ1n) is 9.32. The summed E-state index contributed by atoms with van der Waals surface area (Å²) in [4.78, 5) is 14.5. The Kier molecular flexibility index (Phi) is 8.16. The maximum Gasteiger partial charge on any atom is 0.251 e. The summed E-state index contributed by atoms with van der Waals surface area (Å²) in [6.45, 7) is 4.28. The van der Waals surface area contributed by atoms with Crippen LogP contribution in [0.5, 0.6) is 5.75 Å². The van der Waals surface area contributed by atoms with Crippen molar-refractivity contribution >= 4 is 5.91 Å². The zero-order valence-corrected chi connectivity index (χ0v) is 16.1. The van der Waals surface area contributed by atoms with Gasteiger partial charge in [-0.2, -0.15) is 0 Å². The molecule has 0 aromatic heterocycles. The number of benzene rings is 2. The van der Waals surface area contributed by atoms with Gasteiger partial charge in [0.25, 0.3) is 5.91 Å². The van der Waals surface area contributed by atoms with Crippen LogP contribution in [0.15, 0.2) is 48.5 Å². The van der Waals surface area contributed by atoms with E-state index in [1.54, 1.807) is 0 Å². The van der Waals surface area contributed by atoms with Crippen LogP contribution in [0.2, 0.25) is 0 Å². The van der Waals surface area contributed by atoms with Gasteiger partial charge < -0.3 is 15.0 Å². The first kappa shape index (κ1) is 20.0. The van der Waals surface area contributed by atoms with E-state index in [0.717, 1.165) is 30.9 Å². The second-order valence-electron chi connectivity index (χ2n) is 6.77. The van der Waals surface area contributed by atoms with Crippen molar-refractivity contribution in [2.24, 2.45) is 0 Å². The van der Waals surface area contributed by atoms with E-state index in [-0.39, 0.29) is 5.91 Å². The topological polar surface area (TPSA) is 41.6 Å². The number of unbranched alkanes of at least 4 members (excludes halogenated alkanes) is 2. The molecule has 0 heterocycles. The highest BCUT2D eigenvalue weighted by molar-refractivity contribution is 5.94. The molecule has 0 saturated heterocycles. The highest BCUT2D eigenvalue weighted by Gasteiger charge is 2.08. The van der Waals surface area contributed by atoms with Gasteiger partial charge in [0.1, 0.15) is 5.75 Å². The first-order valence-corrected chi connectivity index (χ1v) is 9.32. The summed E-state index contributed by atoms with van der Waals surface area (Å²) in [6.07, 6.45) is 3.42. The molecule has 0 aliphatic heterocycles. The Hall–Kier alpha value is -2.33. The van der Waals surface area contributed by atoms with Crippen LogP contribution in [0.25, 0.3) is 0 Å². The minimum Gasteiger partial charge on any atom is -0.494 e. The zero-order valence-electron chi connectivity index (χ0n) is 16.1. The first-order chi connectivity index (χ1) is 12.6. The molecule has 4 nitrogen and oxygen atoms in total. The molecular weight excluding hydrogens is 324 g/mol. The van der Waals surface area contributed by atoms with Crippen molar-refractivity contribution in [2.75, 3.05) is 20.7 Å². The highest BCUT2D eigenvalue weighted by Crippen LogP contribution is 2.14. The SMILES string of the molecule is CCCCCOc1ccc(C(=O)NCc2ccccc2CN(C)C)cc1. The molecule has 0 saturated carbocycles. The lowest BCUT2D eigenvalue weighted by Gasteiger charge is -2.14. The van der Waals surface area contributed by atoms with Gasteiger partial charge in [0.2, 0.25) is 0 Å². The van der Waals surface area contributed by atoms with E-state index in [4.69, 9.17) is 4.74 Å². The quantitative estimate of drug-likeness (QED) is 0.649. The van der Waals surface area contributed by atoms with E-state index < -0.39 is 0 Å². The van der Waals surface area contributed by atoms with Gasteiger partial charge in [-0.25, -0.2) is 0 Å². The summed E-state index contributed by atoms with van der Waals surface area (Å²) in [6, 6.07) is 15.6. The number of hydrogen-bond acceptors (Lipinski definition) is 3. The van der Waals surface area contributed by atoms with Crippen molar-refractivity contribution in [1.82, 2.24) is 10.2 Å². The van der Waals surface area contributed by atoms with Gasteiger partial charge in [-0.15, -0.1) is 0 Å². The number of rotatable bonds is 10. The van der Waals surface area contributed by atoms with Crippen molar-refractivity contribution in [2.45, 2.75) is 39.3 Å². The maximum atomic E-state index is 12.4. The highest BCUT2D eigenvalue weighted by atomic mass is 16.5. The van der Waals surface area contributed by atoms with Crippen LogP contribution in [0.4, 0.5) is 0 Å². The molecule has 140 valence electrons. The Bertz CT molecular complexity index is 681. The van der Waals surface area contributed by atoms with Crippen LogP contribution >= 0.6 is 0 Å². The van der Waals surface area contributed by atoms with E-state index in [0.29, 0.717) is 12.1 Å². The van der Waals surface area contributed by atoms with E-state index in [2.05, 4.69) is 29.3 Å². The minimum atomic E-state index is -0.0674. The van der Waals surface area contributed by atoms with Crippen LogP contribution in [-0.4, -0.2) is 31.5 Å². The van der Waals surface area contributed by atoms with Crippen LogP contribution in [0.1, 0.15) is 47.7 Å². The average molecular weight is 354 g/mol. The second-order valence-corrected chi connectivity index (χ2v) is 6.77. The Morgan fingerprint density at radius 3 is 2.35 bits per heavy atom. The van der Waals surface area contributed by atoms with E-state index in [1.807, 2.05) is 50.5 Å². The van der Waals surface area contributed by atoms with E-state index >= 15 is 0 Å². The van der Waals surface area contributed by atoms with Crippen LogP contribution in [-0.2, 0) is 13.1 Å². The number of hydrogen-bond donors (Lipinski definition) is 1. The normalized spacial score (nSPS) is 10.8. The summed E-state index contributed by atoms with van der Waals surface area (Å²) in [5.74, 6) is 0.746. The molecular formula is C22H30N2O2. The van der Waals surface area contributed by atoms with Crippen molar-refractivity contribution in [1.29, 1.82) is 0 Å². The number of carbonyl (C=O) groups is 1. The minimum absolute atomic E-state index is 0.0674. The summed E-state index contributed by atoms with van der Waals surface area (Å²) in [5.41, 5.74) is 3.02. The molecule has 4 heteroatoms. The largest absolute Gasteiger partial charge is 0.494 e. The Balaban J connectivity index is 1.88. The summed E-state index contributed by atoms with van der Waals surface area (Å²) >= 11 is 0. The molecule has 2 aromatic rings. The van der Waals surface area contributed by atoms with E-state index in [1.165, 1.54) is 18.4 Å². The van der Waals surface area contributed by atoms with Crippen molar-refractivity contribution in [3.63, 3.8) is 0 Å². The Labute approximate surface area is 157 Å². The predicted molar refractivity (Wildman–Crippen MR) is 106 cm³/mol. The number of nitrogens with one attached hydrogen (secondary N) is 1. The van der Waals surface area contributed by atoms with Gasteiger partial charge in [-0.1, -0.05) is 44.0 Å². The third-order valence-corrected chi connectivity index (χ3v) is 4.18. The zero-order chi connectivity index (χ0) is 18.8. The number of amides is 1. The van der Waals surface area contributed by atoms with Gasteiger partial charge in [0.15, 0.2) is 0 Å². The molecule has 0 radical (unpaired) electrons. The molecule has 0 atom stereocenters. The maximum absolute atomic E-state index is 12.4. The van der Waals surface area contributed by atoms with Gasteiger partial charge in [-0.3, -0.25) is 4.79 Å². The van der Waals surface area contributed by atoms with E-state index in [9.17, 15) is 4.79 Å². The van der Waals surface area contributed by atoms with Crippen LogP contribution in [0.3, 0.4) is 0 Å². The molecule has 1 amide bonds. The number of ether oxygens (including phenoxy) is 1. The monoisotopic (exact) mass is 354 g/mol. The third-order valence-electron chi connectivity index (χ3n) is 4.18.